The van der Waals surface area contributed by atoms with Gasteiger partial charge in [0.25, 0.3) is 5.91 Å². The van der Waals surface area contributed by atoms with E-state index >= 15 is 0 Å². The van der Waals surface area contributed by atoms with Gasteiger partial charge in [-0.3, -0.25) is 9.59 Å². The zero-order valence-corrected chi connectivity index (χ0v) is 10.00. The standard InChI is InChI=1S/C13H21NO2/c1-9(10-7-8-10)14-13(16)12(15)11-5-3-2-4-6-11/h9-11H,2-8H2,1H3,(H,14,16)/t9-/m1/s1. The molecule has 2 saturated carbocycles. The monoisotopic (exact) mass is 223 g/mol. The summed E-state index contributed by atoms with van der Waals surface area (Å²) < 4.78 is 0. The SMILES string of the molecule is C[C@@H](NC(=O)C(=O)C1CCCCC1)C1CC1. The van der Waals surface area contributed by atoms with Crippen LogP contribution in [0.2, 0.25) is 0 Å². The predicted molar refractivity (Wildman–Crippen MR) is 61.9 cm³/mol. The first-order chi connectivity index (χ1) is 7.68. The molecule has 2 aliphatic carbocycles. The van der Waals surface area contributed by atoms with Gasteiger partial charge in [-0.1, -0.05) is 19.3 Å². The number of Topliss-reactive ketones (excluding diaryl/α,β-unsaturated/α-hetero) is 1. The number of nitrogens with one attached hydrogen (secondary N) is 1. The second-order valence-electron chi connectivity index (χ2n) is 5.30. The maximum atomic E-state index is 11.9. The quantitative estimate of drug-likeness (QED) is 0.741. The maximum Gasteiger partial charge on any atom is 0.287 e. The average molecular weight is 223 g/mol. The Balaban J connectivity index is 1.80. The van der Waals surface area contributed by atoms with E-state index in [9.17, 15) is 9.59 Å². The summed E-state index contributed by atoms with van der Waals surface area (Å²) in [6.07, 6.45) is 7.61. The molecule has 0 aliphatic heterocycles. The highest BCUT2D eigenvalue weighted by atomic mass is 16.2. The lowest BCUT2D eigenvalue weighted by Gasteiger charge is -2.20. The molecule has 0 radical (unpaired) electrons. The molecule has 2 fully saturated rings. The largest absolute Gasteiger partial charge is 0.347 e. The minimum atomic E-state index is -0.341. The van der Waals surface area contributed by atoms with Gasteiger partial charge in [-0.05, 0) is 38.5 Å². The van der Waals surface area contributed by atoms with Crippen molar-refractivity contribution in [3.05, 3.63) is 0 Å². The van der Waals surface area contributed by atoms with E-state index in [2.05, 4.69) is 5.32 Å². The molecule has 2 aliphatic rings. The lowest BCUT2D eigenvalue weighted by molar-refractivity contribution is -0.141. The predicted octanol–water partition coefficient (Wildman–Crippen LogP) is 2.05. The molecule has 3 nitrogen and oxygen atoms in total. The van der Waals surface area contributed by atoms with E-state index in [1.807, 2.05) is 6.92 Å². The molecule has 0 spiro atoms. The second-order valence-corrected chi connectivity index (χ2v) is 5.30. The lowest BCUT2D eigenvalue weighted by atomic mass is 9.86. The number of ketones is 1. The van der Waals surface area contributed by atoms with Crippen molar-refractivity contribution < 1.29 is 9.59 Å². The van der Waals surface area contributed by atoms with Gasteiger partial charge in [0.15, 0.2) is 0 Å². The summed E-state index contributed by atoms with van der Waals surface area (Å²) in [6, 6.07) is 0.181. The molecule has 90 valence electrons. The van der Waals surface area contributed by atoms with Gasteiger partial charge in [-0.25, -0.2) is 0 Å². The third kappa shape index (κ3) is 2.83. The summed E-state index contributed by atoms with van der Waals surface area (Å²) in [5.41, 5.74) is 0. The van der Waals surface area contributed by atoms with Crippen LogP contribution in [0.15, 0.2) is 0 Å². The van der Waals surface area contributed by atoms with Crippen molar-refractivity contribution in [2.45, 2.75) is 57.9 Å². The van der Waals surface area contributed by atoms with Crippen LogP contribution in [-0.4, -0.2) is 17.7 Å². The topological polar surface area (TPSA) is 46.2 Å². The summed E-state index contributed by atoms with van der Waals surface area (Å²) in [7, 11) is 0. The molecular weight excluding hydrogens is 202 g/mol. The Bertz CT molecular complexity index is 278. The molecule has 0 saturated heterocycles. The molecule has 1 atom stereocenters. The van der Waals surface area contributed by atoms with Crippen molar-refractivity contribution in [2.75, 3.05) is 0 Å². The van der Waals surface area contributed by atoms with Crippen LogP contribution >= 0.6 is 0 Å². The molecule has 0 unspecified atom stereocenters. The Labute approximate surface area is 97.0 Å². The number of carbonyl (C=O) groups is 2. The van der Waals surface area contributed by atoms with Crippen molar-refractivity contribution in [1.29, 1.82) is 0 Å². The summed E-state index contributed by atoms with van der Waals surface area (Å²) in [5, 5.41) is 2.85. The van der Waals surface area contributed by atoms with Gasteiger partial charge >= 0.3 is 0 Å². The molecule has 3 heteroatoms. The molecule has 0 aromatic heterocycles. The van der Waals surface area contributed by atoms with Gasteiger partial charge in [0, 0.05) is 12.0 Å². The molecular formula is C13H21NO2. The molecule has 0 aromatic rings. The van der Waals surface area contributed by atoms with Crippen molar-refractivity contribution in [3.63, 3.8) is 0 Å². The van der Waals surface area contributed by atoms with Crippen LogP contribution in [0.25, 0.3) is 0 Å². The molecule has 1 N–H and O–H groups in total. The highest BCUT2D eigenvalue weighted by Gasteiger charge is 2.32. The summed E-state index contributed by atoms with van der Waals surface area (Å²) >= 11 is 0. The highest BCUT2D eigenvalue weighted by Crippen LogP contribution is 2.32. The fourth-order valence-corrected chi connectivity index (χ4v) is 2.54. The van der Waals surface area contributed by atoms with E-state index < -0.39 is 0 Å². The third-order valence-corrected chi connectivity index (χ3v) is 3.89. The molecule has 0 bridgehead atoms. The average Bonchev–Trinajstić information content (AvgIpc) is 3.13. The number of carbonyl (C=O) groups excluding carboxylic acids is 2. The van der Waals surface area contributed by atoms with E-state index in [-0.39, 0.29) is 23.7 Å². The van der Waals surface area contributed by atoms with Gasteiger partial charge in [0.2, 0.25) is 5.78 Å². The Kier molecular flexibility index (Phi) is 3.62. The Morgan fingerprint density at radius 2 is 1.69 bits per heavy atom. The van der Waals surface area contributed by atoms with Crippen molar-refractivity contribution >= 4 is 11.7 Å². The zero-order valence-electron chi connectivity index (χ0n) is 10.00. The number of hydrogen-bond donors (Lipinski definition) is 1. The van der Waals surface area contributed by atoms with E-state index in [0.717, 1.165) is 25.7 Å². The first kappa shape index (κ1) is 11.6. The van der Waals surface area contributed by atoms with E-state index in [1.165, 1.54) is 19.3 Å². The van der Waals surface area contributed by atoms with Crippen molar-refractivity contribution in [3.8, 4) is 0 Å². The van der Waals surface area contributed by atoms with Crippen LogP contribution in [0.4, 0.5) is 0 Å². The van der Waals surface area contributed by atoms with Crippen LogP contribution < -0.4 is 5.32 Å². The molecule has 2 rings (SSSR count). The summed E-state index contributed by atoms with van der Waals surface area (Å²) in [5.74, 6) is 0.0989. The minimum absolute atomic E-state index is 0.000142. The van der Waals surface area contributed by atoms with Crippen LogP contribution in [0, 0.1) is 11.8 Å². The minimum Gasteiger partial charge on any atom is -0.347 e. The van der Waals surface area contributed by atoms with E-state index in [0.29, 0.717) is 5.92 Å². The van der Waals surface area contributed by atoms with Crippen LogP contribution in [0.1, 0.15) is 51.9 Å². The molecule has 0 aromatic carbocycles. The van der Waals surface area contributed by atoms with Gasteiger partial charge in [0.05, 0.1) is 0 Å². The van der Waals surface area contributed by atoms with Crippen LogP contribution in [-0.2, 0) is 9.59 Å². The van der Waals surface area contributed by atoms with Gasteiger partial charge in [0.1, 0.15) is 0 Å². The zero-order chi connectivity index (χ0) is 11.5. The van der Waals surface area contributed by atoms with Gasteiger partial charge in [-0.15, -0.1) is 0 Å². The van der Waals surface area contributed by atoms with Gasteiger partial charge in [-0.2, -0.15) is 0 Å². The summed E-state index contributed by atoms with van der Waals surface area (Å²) in [4.78, 5) is 23.6. The van der Waals surface area contributed by atoms with Crippen LogP contribution in [0.3, 0.4) is 0 Å². The molecule has 1 amide bonds. The Morgan fingerprint density at radius 3 is 2.25 bits per heavy atom. The van der Waals surface area contributed by atoms with Crippen molar-refractivity contribution in [2.24, 2.45) is 11.8 Å². The number of rotatable bonds is 4. The number of amides is 1. The fourth-order valence-electron chi connectivity index (χ4n) is 2.54. The Morgan fingerprint density at radius 1 is 1.06 bits per heavy atom. The smallest absolute Gasteiger partial charge is 0.287 e. The van der Waals surface area contributed by atoms with Crippen molar-refractivity contribution in [1.82, 2.24) is 5.32 Å². The van der Waals surface area contributed by atoms with E-state index in [4.69, 9.17) is 0 Å². The fraction of sp³-hybridized carbons (Fsp3) is 0.846. The normalized spacial score (nSPS) is 23.8. The molecule has 16 heavy (non-hydrogen) atoms. The Hall–Kier alpha value is -0.860. The third-order valence-electron chi connectivity index (χ3n) is 3.89. The second kappa shape index (κ2) is 4.98. The number of hydrogen-bond acceptors (Lipinski definition) is 2. The summed E-state index contributed by atoms with van der Waals surface area (Å²) in [6.45, 7) is 2.00. The molecule has 0 heterocycles. The van der Waals surface area contributed by atoms with Gasteiger partial charge < -0.3 is 5.32 Å². The van der Waals surface area contributed by atoms with Crippen LogP contribution in [0.5, 0.6) is 0 Å². The highest BCUT2D eigenvalue weighted by molar-refractivity contribution is 6.37. The lowest BCUT2D eigenvalue weighted by Crippen LogP contribution is -2.41. The first-order valence-corrected chi connectivity index (χ1v) is 6.53. The first-order valence-electron chi connectivity index (χ1n) is 6.53. The van der Waals surface area contributed by atoms with E-state index in [1.54, 1.807) is 0 Å². The maximum absolute atomic E-state index is 11.9.